The molecule has 192 valence electrons. The summed E-state index contributed by atoms with van der Waals surface area (Å²) in [5.41, 5.74) is 10.4. The molecular formula is C27H27N9O2. The van der Waals surface area contributed by atoms with Crippen molar-refractivity contribution in [1.29, 1.82) is 0 Å². The number of nitrogens with one attached hydrogen (secondary N) is 2. The van der Waals surface area contributed by atoms with Crippen molar-refractivity contribution in [2.45, 2.75) is 13.0 Å². The predicted octanol–water partition coefficient (Wildman–Crippen LogP) is 2.20. The Morgan fingerprint density at radius 2 is 1.82 bits per heavy atom. The van der Waals surface area contributed by atoms with Gasteiger partial charge in [-0.15, -0.1) is 0 Å². The van der Waals surface area contributed by atoms with Crippen LogP contribution in [0, 0.1) is 0 Å². The summed E-state index contributed by atoms with van der Waals surface area (Å²) in [6.45, 7) is 4.04. The van der Waals surface area contributed by atoms with Gasteiger partial charge in [0.05, 0.1) is 12.6 Å². The van der Waals surface area contributed by atoms with Crippen molar-refractivity contribution in [3.63, 3.8) is 0 Å². The van der Waals surface area contributed by atoms with E-state index >= 15 is 0 Å². The molecule has 38 heavy (non-hydrogen) atoms. The number of amides is 2. The Hall–Kier alpha value is -4.77. The number of benzene rings is 2. The van der Waals surface area contributed by atoms with Crippen LogP contribution in [0.2, 0.25) is 0 Å². The van der Waals surface area contributed by atoms with Crippen molar-refractivity contribution in [3.8, 4) is 0 Å². The number of nitrogen functional groups attached to an aromatic ring is 1. The molecule has 6 rings (SSSR count). The first kappa shape index (κ1) is 23.6. The van der Waals surface area contributed by atoms with Crippen LogP contribution in [-0.2, 0) is 16.1 Å². The lowest BCUT2D eigenvalue weighted by molar-refractivity contribution is -0.124. The number of carbonyl (C=O) groups excluding carboxylic acids is 2. The molecule has 2 aromatic carbocycles. The van der Waals surface area contributed by atoms with E-state index in [4.69, 9.17) is 15.7 Å². The van der Waals surface area contributed by atoms with Gasteiger partial charge in [0.25, 0.3) is 5.91 Å². The average molecular weight is 510 g/mol. The highest BCUT2D eigenvalue weighted by Crippen LogP contribution is 2.24. The predicted molar refractivity (Wildman–Crippen MR) is 145 cm³/mol. The molecule has 11 heteroatoms. The Balaban J connectivity index is 1.30. The molecule has 4 aromatic rings. The summed E-state index contributed by atoms with van der Waals surface area (Å²) < 4.78 is 1.62. The van der Waals surface area contributed by atoms with Crippen LogP contribution in [0.1, 0.15) is 17.5 Å². The fraction of sp³-hybridized carbons (Fsp3) is 0.222. The molecule has 2 aliphatic rings. The van der Waals surface area contributed by atoms with E-state index < -0.39 is 0 Å². The molecule has 2 saturated heterocycles. The minimum atomic E-state index is -0.387. The van der Waals surface area contributed by atoms with E-state index in [1.165, 1.54) is 5.56 Å². The third kappa shape index (κ3) is 4.91. The van der Waals surface area contributed by atoms with Gasteiger partial charge in [0.1, 0.15) is 0 Å². The maximum atomic E-state index is 12.2. The normalized spacial score (nSPS) is 17.4. The first-order valence-electron chi connectivity index (χ1n) is 12.5. The van der Waals surface area contributed by atoms with Crippen LogP contribution in [0.3, 0.4) is 0 Å². The number of carbonyl (C=O) groups is 2. The van der Waals surface area contributed by atoms with E-state index in [0.29, 0.717) is 28.7 Å². The highest BCUT2D eigenvalue weighted by molar-refractivity contribution is 6.15. The van der Waals surface area contributed by atoms with Crippen molar-refractivity contribution in [2.24, 2.45) is 0 Å². The maximum absolute atomic E-state index is 12.2. The number of para-hydroxylation sites is 1. The lowest BCUT2D eigenvalue weighted by Crippen LogP contribution is -2.46. The van der Waals surface area contributed by atoms with Crippen LogP contribution in [0.5, 0.6) is 0 Å². The second-order valence-corrected chi connectivity index (χ2v) is 9.41. The van der Waals surface area contributed by atoms with Gasteiger partial charge in [-0.05, 0) is 35.9 Å². The summed E-state index contributed by atoms with van der Waals surface area (Å²) in [5.74, 6) is 0.389. The van der Waals surface area contributed by atoms with E-state index in [0.717, 1.165) is 44.1 Å². The molecule has 0 unspecified atom stereocenters. The lowest BCUT2D eigenvalue weighted by Gasteiger charge is -2.34. The molecule has 2 amide bonds. The van der Waals surface area contributed by atoms with Crippen LogP contribution in [0.25, 0.3) is 11.7 Å². The fourth-order valence-electron chi connectivity index (χ4n) is 4.72. The van der Waals surface area contributed by atoms with Gasteiger partial charge in [0, 0.05) is 55.2 Å². The Morgan fingerprint density at radius 3 is 2.55 bits per heavy atom. The summed E-state index contributed by atoms with van der Waals surface area (Å²) in [4.78, 5) is 38.1. The molecule has 0 radical (unpaired) electrons. The monoisotopic (exact) mass is 509 g/mol. The Morgan fingerprint density at radius 1 is 1.00 bits per heavy atom. The molecule has 2 aromatic heterocycles. The molecule has 4 heterocycles. The van der Waals surface area contributed by atoms with Crippen molar-refractivity contribution < 1.29 is 9.59 Å². The zero-order valence-corrected chi connectivity index (χ0v) is 20.7. The second-order valence-electron chi connectivity index (χ2n) is 9.41. The quantitative estimate of drug-likeness (QED) is 0.203. The molecule has 0 bridgehead atoms. The number of nitrogens with zero attached hydrogens (tertiary/aromatic N) is 6. The van der Waals surface area contributed by atoms with Crippen molar-refractivity contribution in [2.75, 3.05) is 42.1 Å². The zero-order valence-electron chi connectivity index (χ0n) is 20.7. The number of anilines is 4. The van der Waals surface area contributed by atoms with Crippen LogP contribution in [0.15, 0.2) is 66.4 Å². The SMILES string of the molecule is Nc1cccc(CN2CCN(c3nc(Nc4ccccc4)n4ncc(/C=C5\CC(=O)NC5=O)c4n3)CC2)c1. The van der Waals surface area contributed by atoms with E-state index in [9.17, 15) is 9.59 Å². The van der Waals surface area contributed by atoms with E-state index in [2.05, 4.69) is 31.6 Å². The molecular weight excluding hydrogens is 482 g/mol. The standard InChI is InChI=1S/C27H27N9O2/c28-21-6-4-5-18(13-21)17-34-9-11-35(12-10-34)26-32-24-20(14-19-15-23(37)31-25(19)38)16-29-36(24)27(33-26)30-22-7-2-1-3-8-22/h1-8,13-14,16H,9-12,15,17,28H2,(H,30,32,33)(H,31,37,38)/b19-14+. The van der Waals surface area contributed by atoms with Crippen LogP contribution in [0.4, 0.5) is 23.3 Å². The zero-order chi connectivity index (χ0) is 26.1. The van der Waals surface area contributed by atoms with Gasteiger partial charge in [0.15, 0.2) is 5.65 Å². The fourth-order valence-corrected chi connectivity index (χ4v) is 4.72. The largest absolute Gasteiger partial charge is 0.399 e. The summed E-state index contributed by atoms with van der Waals surface area (Å²) >= 11 is 0. The number of rotatable bonds is 6. The summed E-state index contributed by atoms with van der Waals surface area (Å²) in [6.07, 6.45) is 3.35. The smallest absolute Gasteiger partial charge is 0.254 e. The highest BCUT2D eigenvalue weighted by atomic mass is 16.2. The van der Waals surface area contributed by atoms with E-state index in [1.807, 2.05) is 48.5 Å². The minimum Gasteiger partial charge on any atom is -0.399 e. The number of fused-ring (bicyclic) bond motifs is 1. The molecule has 0 spiro atoms. The van der Waals surface area contributed by atoms with E-state index in [-0.39, 0.29) is 18.2 Å². The maximum Gasteiger partial charge on any atom is 0.254 e. The van der Waals surface area contributed by atoms with Crippen LogP contribution >= 0.6 is 0 Å². The third-order valence-electron chi connectivity index (χ3n) is 6.65. The molecule has 0 saturated carbocycles. The molecule has 4 N–H and O–H groups in total. The van der Waals surface area contributed by atoms with Gasteiger partial charge in [-0.25, -0.2) is 0 Å². The summed E-state index contributed by atoms with van der Waals surface area (Å²) in [5, 5.41) is 10.1. The van der Waals surface area contributed by atoms with E-state index in [1.54, 1.807) is 16.8 Å². The number of hydrogen-bond acceptors (Lipinski definition) is 9. The highest BCUT2D eigenvalue weighted by Gasteiger charge is 2.26. The molecule has 2 fully saturated rings. The van der Waals surface area contributed by atoms with Crippen LogP contribution < -0.4 is 21.3 Å². The van der Waals surface area contributed by atoms with Gasteiger partial charge in [-0.3, -0.25) is 19.8 Å². The summed E-state index contributed by atoms with van der Waals surface area (Å²) in [6, 6.07) is 17.7. The molecule has 0 atom stereocenters. The lowest BCUT2D eigenvalue weighted by atomic mass is 10.1. The number of aromatic nitrogens is 4. The Kier molecular flexibility index (Phi) is 6.18. The molecule has 0 aliphatic carbocycles. The molecule has 11 nitrogen and oxygen atoms in total. The average Bonchev–Trinajstić information content (AvgIpc) is 3.47. The van der Waals surface area contributed by atoms with Gasteiger partial charge >= 0.3 is 0 Å². The van der Waals surface area contributed by atoms with Gasteiger partial charge in [0.2, 0.25) is 17.8 Å². The van der Waals surface area contributed by atoms with Crippen molar-refractivity contribution in [3.05, 3.63) is 77.5 Å². The topological polar surface area (TPSA) is 134 Å². The molecule has 2 aliphatic heterocycles. The number of piperazine rings is 1. The first-order chi connectivity index (χ1) is 18.5. The Bertz CT molecular complexity index is 1540. The van der Waals surface area contributed by atoms with Crippen molar-refractivity contribution >= 4 is 46.8 Å². The van der Waals surface area contributed by atoms with Gasteiger partial charge in [-0.2, -0.15) is 19.6 Å². The number of imide groups is 1. The summed E-state index contributed by atoms with van der Waals surface area (Å²) in [7, 11) is 0. The second kappa shape index (κ2) is 9.94. The van der Waals surface area contributed by atoms with Gasteiger partial charge < -0.3 is 16.0 Å². The third-order valence-corrected chi connectivity index (χ3v) is 6.65. The van der Waals surface area contributed by atoms with Crippen LogP contribution in [-0.4, -0.2) is 62.5 Å². The van der Waals surface area contributed by atoms with Crippen molar-refractivity contribution in [1.82, 2.24) is 29.8 Å². The number of nitrogens with two attached hydrogens (primary N) is 1. The van der Waals surface area contributed by atoms with Gasteiger partial charge in [-0.1, -0.05) is 30.3 Å². The Labute approximate surface area is 219 Å². The minimum absolute atomic E-state index is 0.0399. The first-order valence-corrected chi connectivity index (χ1v) is 12.5. The number of hydrogen-bond donors (Lipinski definition) is 3.